The van der Waals surface area contributed by atoms with Gasteiger partial charge in [0, 0.05) is 12.6 Å². The third kappa shape index (κ3) is 2.86. The number of likely N-dealkylation sites (N-methyl/N-ethyl adjacent to an activating group) is 1. The molecule has 0 aromatic carbocycles. The molecule has 19 heavy (non-hydrogen) atoms. The lowest BCUT2D eigenvalue weighted by Gasteiger charge is -2.25. The van der Waals surface area contributed by atoms with E-state index < -0.39 is 0 Å². The minimum Gasteiger partial charge on any atom is -0.333 e. The zero-order chi connectivity index (χ0) is 13.2. The van der Waals surface area contributed by atoms with Crippen LogP contribution in [0.3, 0.4) is 0 Å². The molecule has 1 atom stereocenters. The van der Waals surface area contributed by atoms with Crippen LogP contribution in [0.1, 0.15) is 18.7 Å². The molecule has 2 aromatic rings. The molecule has 2 aromatic heterocycles. The van der Waals surface area contributed by atoms with Gasteiger partial charge in [-0.25, -0.2) is 0 Å². The number of aromatic nitrogens is 2. The van der Waals surface area contributed by atoms with Gasteiger partial charge in [-0.3, -0.25) is 4.90 Å². The van der Waals surface area contributed by atoms with Crippen molar-refractivity contribution in [1.29, 1.82) is 0 Å². The molecule has 0 saturated heterocycles. The number of rotatable bonds is 6. The Morgan fingerprint density at radius 2 is 2.42 bits per heavy atom. The summed E-state index contributed by atoms with van der Waals surface area (Å²) in [6, 6.07) is 4.40. The Labute approximate surface area is 116 Å². The first-order valence-electron chi connectivity index (χ1n) is 6.54. The highest BCUT2D eigenvalue weighted by atomic mass is 32.1. The number of thiophene rings is 1. The maximum atomic E-state index is 5.85. The molecule has 102 valence electrons. The van der Waals surface area contributed by atoms with Gasteiger partial charge in [0.25, 0.3) is 5.89 Å². The second kappa shape index (κ2) is 5.40. The first-order valence-corrected chi connectivity index (χ1v) is 7.42. The summed E-state index contributed by atoms with van der Waals surface area (Å²) in [6.07, 6.45) is 2.58. The van der Waals surface area contributed by atoms with E-state index in [0.717, 1.165) is 16.6 Å². The molecule has 1 unspecified atom stereocenters. The third-order valence-corrected chi connectivity index (χ3v) is 4.42. The second-order valence-corrected chi connectivity index (χ2v) is 6.00. The Kier molecular flexibility index (Phi) is 3.63. The van der Waals surface area contributed by atoms with Crippen LogP contribution >= 0.6 is 11.3 Å². The summed E-state index contributed by atoms with van der Waals surface area (Å²) in [7, 11) is 2.08. The summed E-state index contributed by atoms with van der Waals surface area (Å²) in [5.74, 6) is 2.08. The summed E-state index contributed by atoms with van der Waals surface area (Å²) in [6.45, 7) is 1.38. The zero-order valence-electron chi connectivity index (χ0n) is 11.0. The zero-order valence-corrected chi connectivity index (χ0v) is 11.8. The first kappa shape index (κ1) is 12.8. The van der Waals surface area contributed by atoms with Crippen molar-refractivity contribution in [3.63, 3.8) is 0 Å². The molecule has 1 fully saturated rings. The van der Waals surface area contributed by atoms with Gasteiger partial charge in [-0.1, -0.05) is 11.2 Å². The van der Waals surface area contributed by atoms with E-state index in [0.29, 0.717) is 25.0 Å². The van der Waals surface area contributed by atoms with Gasteiger partial charge < -0.3 is 10.3 Å². The molecule has 0 radical (unpaired) electrons. The molecule has 1 aliphatic rings. The van der Waals surface area contributed by atoms with Crippen molar-refractivity contribution in [2.24, 2.45) is 11.7 Å². The summed E-state index contributed by atoms with van der Waals surface area (Å²) in [4.78, 5) is 7.69. The standard InChI is InChI=1S/C13H18N4OS/c1-17(10(7-14)9-4-5-9)8-12-15-13(18-16-12)11-3-2-6-19-11/h2-3,6,9-10H,4-5,7-8,14H2,1H3. The second-order valence-electron chi connectivity index (χ2n) is 5.05. The predicted molar refractivity (Wildman–Crippen MR) is 74.6 cm³/mol. The molecule has 0 amide bonds. The van der Waals surface area contributed by atoms with Crippen molar-refractivity contribution in [3.8, 4) is 10.8 Å². The van der Waals surface area contributed by atoms with E-state index in [1.54, 1.807) is 11.3 Å². The quantitative estimate of drug-likeness (QED) is 0.875. The highest BCUT2D eigenvalue weighted by Crippen LogP contribution is 2.34. The summed E-state index contributed by atoms with van der Waals surface area (Å²) in [5.41, 5.74) is 5.85. The number of nitrogens with two attached hydrogens (primary N) is 1. The average molecular weight is 278 g/mol. The lowest BCUT2D eigenvalue weighted by Crippen LogP contribution is -2.39. The van der Waals surface area contributed by atoms with Crippen molar-refractivity contribution in [1.82, 2.24) is 15.0 Å². The lowest BCUT2D eigenvalue weighted by molar-refractivity contribution is 0.208. The van der Waals surface area contributed by atoms with Crippen LogP contribution < -0.4 is 5.73 Å². The third-order valence-electron chi connectivity index (χ3n) is 3.56. The molecule has 1 saturated carbocycles. The van der Waals surface area contributed by atoms with Gasteiger partial charge in [0.1, 0.15) is 0 Å². The van der Waals surface area contributed by atoms with Crippen LogP contribution in [0.15, 0.2) is 22.0 Å². The molecule has 6 heteroatoms. The van der Waals surface area contributed by atoms with Crippen LogP contribution in [0.4, 0.5) is 0 Å². The molecule has 3 rings (SSSR count). The summed E-state index contributed by atoms with van der Waals surface area (Å²) in [5, 5.41) is 6.05. The molecule has 0 spiro atoms. The van der Waals surface area contributed by atoms with Gasteiger partial charge in [0.15, 0.2) is 5.82 Å². The first-order chi connectivity index (χ1) is 9.28. The van der Waals surface area contributed by atoms with Crippen molar-refractivity contribution in [2.45, 2.75) is 25.4 Å². The molecule has 0 aliphatic heterocycles. The molecular weight excluding hydrogens is 260 g/mol. The van der Waals surface area contributed by atoms with E-state index >= 15 is 0 Å². The largest absolute Gasteiger partial charge is 0.333 e. The van der Waals surface area contributed by atoms with Gasteiger partial charge in [-0.2, -0.15) is 4.98 Å². The van der Waals surface area contributed by atoms with Crippen molar-refractivity contribution in [3.05, 3.63) is 23.3 Å². The maximum absolute atomic E-state index is 5.85. The molecule has 2 heterocycles. The maximum Gasteiger partial charge on any atom is 0.268 e. The van der Waals surface area contributed by atoms with Crippen LogP contribution in [0.5, 0.6) is 0 Å². The molecule has 2 N–H and O–H groups in total. The van der Waals surface area contributed by atoms with E-state index in [4.69, 9.17) is 10.3 Å². The molecule has 5 nitrogen and oxygen atoms in total. The van der Waals surface area contributed by atoms with Crippen LogP contribution in [-0.4, -0.2) is 34.7 Å². The fourth-order valence-electron chi connectivity index (χ4n) is 2.37. The Morgan fingerprint density at radius 1 is 1.58 bits per heavy atom. The lowest BCUT2D eigenvalue weighted by atomic mass is 10.1. The van der Waals surface area contributed by atoms with Crippen molar-refractivity contribution >= 4 is 11.3 Å². The fraction of sp³-hybridized carbons (Fsp3) is 0.538. The molecule has 1 aliphatic carbocycles. The fourth-order valence-corrected chi connectivity index (χ4v) is 3.02. The van der Waals surface area contributed by atoms with Crippen molar-refractivity contribution < 1.29 is 4.52 Å². The molecular formula is C13H18N4OS. The normalized spacial score (nSPS) is 17.0. The monoisotopic (exact) mass is 278 g/mol. The highest BCUT2D eigenvalue weighted by Gasteiger charge is 2.33. The van der Waals surface area contributed by atoms with E-state index in [1.165, 1.54) is 12.8 Å². The smallest absolute Gasteiger partial charge is 0.268 e. The minimum atomic E-state index is 0.434. The van der Waals surface area contributed by atoms with Gasteiger partial charge >= 0.3 is 0 Å². The Morgan fingerprint density at radius 3 is 3.05 bits per heavy atom. The van der Waals surface area contributed by atoms with E-state index in [2.05, 4.69) is 22.1 Å². The highest BCUT2D eigenvalue weighted by molar-refractivity contribution is 7.13. The Hall–Kier alpha value is -1.24. The van der Waals surface area contributed by atoms with E-state index in [9.17, 15) is 0 Å². The van der Waals surface area contributed by atoms with E-state index in [1.807, 2.05) is 17.5 Å². The Bertz CT molecular complexity index is 520. The van der Waals surface area contributed by atoms with Crippen LogP contribution in [0, 0.1) is 5.92 Å². The van der Waals surface area contributed by atoms with Crippen LogP contribution in [0.25, 0.3) is 10.8 Å². The van der Waals surface area contributed by atoms with Crippen molar-refractivity contribution in [2.75, 3.05) is 13.6 Å². The summed E-state index contributed by atoms with van der Waals surface area (Å²) < 4.78 is 5.29. The van der Waals surface area contributed by atoms with Gasteiger partial charge in [-0.15, -0.1) is 11.3 Å². The average Bonchev–Trinajstić information content (AvgIpc) is 2.93. The predicted octanol–water partition coefficient (Wildman–Crippen LogP) is 1.97. The summed E-state index contributed by atoms with van der Waals surface area (Å²) >= 11 is 1.60. The Balaban J connectivity index is 1.66. The minimum absolute atomic E-state index is 0.434. The van der Waals surface area contributed by atoms with Gasteiger partial charge in [-0.05, 0) is 37.3 Å². The van der Waals surface area contributed by atoms with Crippen LogP contribution in [-0.2, 0) is 6.54 Å². The SMILES string of the molecule is CN(Cc1noc(-c2cccs2)n1)C(CN)C1CC1. The number of hydrogen-bond acceptors (Lipinski definition) is 6. The number of hydrogen-bond donors (Lipinski definition) is 1. The van der Waals surface area contributed by atoms with E-state index in [-0.39, 0.29) is 0 Å². The van der Waals surface area contributed by atoms with Gasteiger partial charge in [0.2, 0.25) is 0 Å². The molecule has 0 bridgehead atoms. The van der Waals surface area contributed by atoms with Gasteiger partial charge in [0.05, 0.1) is 11.4 Å². The van der Waals surface area contributed by atoms with Crippen LogP contribution in [0.2, 0.25) is 0 Å². The topological polar surface area (TPSA) is 68.2 Å². The number of nitrogens with zero attached hydrogens (tertiary/aromatic N) is 3.